The second kappa shape index (κ2) is 9.62. The Kier molecular flexibility index (Phi) is 6.49. The van der Waals surface area contributed by atoms with Crippen molar-refractivity contribution >= 4 is 55.9 Å². The van der Waals surface area contributed by atoms with E-state index in [2.05, 4.69) is 9.72 Å². The van der Waals surface area contributed by atoms with E-state index in [9.17, 15) is 13.2 Å². The van der Waals surface area contributed by atoms with Crippen molar-refractivity contribution in [3.05, 3.63) is 63.7 Å². The lowest BCUT2D eigenvalue weighted by Gasteiger charge is -2.27. The molecule has 2 saturated heterocycles. The lowest BCUT2D eigenvalue weighted by molar-refractivity contribution is -0.117. The predicted molar refractivity (Wildman–Crippen MR) is 151 cm³/mol. The van der Waals surface area contributed by atoms with Crippen LogP contribution in [0.25, 0.3) is 22.2 Å². The first-order valence-electron chi connectivity index (χ1n) is 12.7. The molecule has 0 unspecified atom stereocenters. The maximum atomic E-state index is 13.2. The first-order valence-corrected chi connectivity index (χ1v) is 15.3. The van der Waals surface area contributed by atoms with Crippen LogP contribution in [0.2, 0.25) is 10.0 Å². The van der Waals surface area contributed by atoms with Gasteiger partial charge >= 0.3 is 0 Å². The number of amides is 1. The molecule has 2 fully saturated rings. The van der Waals surface area contributed by atoms with Gasteiger partial charge in [-0.2, -0.15) is 0 Å². The molecule has 9 nitrogen and oxygen atoms in total. The van der Waals surface area contributed by atoms with Gasteiger partial charge in [0.2, 0.25) is 15.9 Å². The molecule has 2 aromatic carbocycles. The quantitative estimate of drug-likeness (QED) is 0.297. The van der Waals surface area contributed by atoms with E-state index in [1.165, 1.54) is 10.6 Å². The van der Waals surface area contributed by atoms with Crippen molar-refractivity contribution in [3.8, 4) is 11.1 Å². The zero-order valence-corrected chi connectivity index (χ0v) is 24.0. The van der Waals surface area contributed by atoms with Crippen LogP contribution >= 0.6 is 23.2 Å². The summed E-state index contributed by atoms with van der Waals surface area (Å²) in [5.74, 6) is 1.41. The highest BCUT2D eigenvalue weighted by Crippen LogP contribution is 2.42. The minimum atomic E-state index is -3.34. The third kappa shape index (κ3) is 4.53. The Balaban J connectivity index is 1.51. The molecule has 0 bridgehead atoms. The van der Waals surface area contributed by atoms with Crippen LogP contribution in [0.3, 0.4) is 0 Å². The summed E-state index contributed by atoms with van der Waals surface area (Å²) in [4.78, 5) is 20.0. The fourth-order valence-electron chi connectivity index (χ4n) is 5.90. The smallest absolute Gasteiger partial charge is 0.227 e. The summed E-state index contributed by atoms with van der Waals surface area (Å²) in [5.41, 5.74) is 4.94. The summed E-state index contributed by atoms with van der Waals surface area (Å²) >= 11 is 12.5. The lowest BCUT2D eigenvalue weighted by Crippen LogP contribution is -2.31. The molecular weight excluding hydrogens is 561 g/mol. The van der Waals surface area contributed by atoms with Gasteiger partial charge in [-0.05, 0) is 62.6 Å². The summed E-state index contributed by atoms with van der Waals surface area (Å²) in [6, 6.07) is 10.7. The van der Waals surface area contributed by atoms with Crippen LogP contribution in [-0.4, -0.2) is 52.7 Å². The zero-order chi connectivity index (χ0) is 27.6. The Bertz CT molecular complexity index is 1710. The molecule has 2 aliphatic rings. The second-order valence-corrected chi connectivity index (χ2v) is 13.0. The maximum absolute atomic E-state index is 13.2. The van der Waals surface area contributed by atoms with Crippen molar-refractivity contribution in [1.82, 2.24) is 19.0 Å². The molecule has 4 heterocycles. The van der Waals surface area contributed by atoms with Crippen molar-refractivity contribution in [3.63, 3.8) is 0 Å². The monoisotopic (exact) mass is 587 g/mol. The number of aryl methyl sites for hydroxylation is 2. The number of anilines is 1. The van der Waals surface area contributed by atoms with Crippen LogP contribution < -0.4 is 4.90 Å². The van der Waals surface area contributed by atoms with E-state index in [1.807, 2.05) is 32.0 Å². The number of rotatable bonds is 5. The molecule has 204 valence electrons. The molecule has 0 saturated carbocycles. The molecule has 2 aliphatic heterocycles. The minimum Gasteiger partial charge on any atom is -0.361 e. The van der Waals surface area contributed by atoms with Crippen LogP contribution in [0.5, 0.6) is 0 Å². The summed E-state index contributed by atoms with van der Waals surface area (Å²) < 4.78 is 33.7. The van der Waals surface area contributed by atoms with Gasteiger partial charge in [0, 0.05) is 30.8 Å². The summed E-state index contributed by atoms with van der Waals surface area (Å²) in [7, 11) is -3.34. The summed E-state index contributed by atoms with van der Waals surface area (Å²) in [6.45, 7) is 4.55. The molecule has 4 aromatic rings. The normalized spacial score (nSPS) is 20.5. The number of carbonyl (C=O) groups is 1. The Labute approximate surface area is 236 Å². The van der Waals surface area contributed by atoms with Gasteiger partial charge in [-0.15, -0.1) is 0 Å². The van der Waals surface area contributed by atoms with Crippen LogP contribution in [0.15, 0.2) is 40.9 Å². The van der Waals surface area contributed by atoms with Crippen molar-refractivity contribution in [2.75, 3.05) is 24.2 Å². The Morgan fingerprint density at radius 1 is 1.05 bits per heavy atom. The van der Waals surface area contributed by atoms with Gasteiger partial charge in [0.25, 0.3) is 0 Å². The molecule has 1 amide bonds. The van der Waals surface area contributed by atoms with E-state index in [1.54, 1.807) is 23.1 Å². The van der Waals surface area contributed by atoms with E-state index in [-0.39, 0.29) is 18.0 Å². The minimum absolute atomic E-state index is 0.0300. The van der Waals surface area contributed by atoms with Crippen molar-refractivity contribution in [1.29, 1.82) is 0 Å². The van der Waals surface area contributed by atoms with Crippen molar-refractivity contribution < 1.29 is 17.7 Å². The number of nitrogens with zero attached hydrogens (tertiary/aromatic N) is 5. The van der Waals surface area contributed by atoms with Crippen LogP contribution in [-0.2, 0) is 14.8 Å². The number of aromatic nitrogens is 3. The summed E-state index contributed by atoms with van der Waals surface area (Å²) in [5, 5.41) is 4.87. The highest BCUT2D eigenvalue weighted by Gasteiger charge is 2.40. The molecule has 0 N–H and O–H groups in total. The summed E-state index contributed by atoms with van der Waals surface area (Å²) in [6.07, 6.45) is 2.81. The van der Waals surface area contributed by atoms with E-state index in [4.69, 9.17) is 32.7 Å². The standard InChI is InChI=1S/C27H27Cl2N5O4S/c1-15-26(16(2)38-31-15)17-4-7-23-22(12-17)30-27(34(23)19-10-11-32(14-19)39(3,36)37)24-8-9-25(35)33(24)18-5-6-20(28)21(29)13-18/h4-7,12-13,19,24H,8-11,14H2,1-3H3/t19-,24+/m1/s1. The van der Waals surface area contributed by atoms with Crippen LogP contribution in [0.1, 0.15) is 48.6 Å². The highest BCUT2D eigenvalue weighted by atomic mass is 35.5. The number of sulfonamides is 1. The molecule has 12 heteroatoms. The Morgan fingerprint density at radius 3 is 2.51 bits per heavy atom. The number of benzene rings is 2. The molecule has 0 radical (unpaired) electrons. The predicted octanol–water partition coefficient (Wildman–Crippen LogP) is 5.69. The maximum Gasteiger partial charge on any atom is 0.227 e. The topological polar surface area (TPSA) is 102 Å². The molecule has 2 atom stereocenters. The van der Waals surface area contributed by atoms with Crippen molar-refractivity contribution in [2.24, 2.45) is 0 Å². The van der Waals surface area contributed by atoms with Crippen LogP contribution in [0.4, 0.5) is 5.69 Å². The number of fused-ring (bicyclic) bond motifs is 1. The first-order chi connectivity index (χ1) is 18.5. The van der Waals surface area contributed by atoms with E-state index >= 15 is 0 Å². The van der Waals surface area contributed by atoms with Gasteiger partial charge in [-0.3, -0.25) is 4.79 Å². The number of halogens is 2. The molecule has 39 heavy (non-hydrogen) atoms. The fourth-order valence-corrected chi connectivity index (χ4v) is 7.07. The number of carbonyl (C=O) groups excluding carboxylic acids is 1. The highest BCUT2D eigenvalue weighted by molar-refractivity contribution is 7.88. The molecule has 0 aliphatic carbocycles. The number of hydrogen-bond donors (Lipinski definition) is 0. The van der Waals surface area contributed by atoms with Gasteiger partial charge in [0.15, 0.2) is 0 Å². The third-order valence-corrected chi connectivity index (χ3v) is 9.70. The van der Waals surface area contributed by atoms with Crippen molar-refractivity contribution in [2.45, 2.75) is 45.2 Å². The largest absolute Gasteiger partial charge is 0.361 e. The number of hydrogen-bond acceptors (Lipinski definition) is 6. The third-order valence-electron chi connectivity index (χ3n) is 7.69. The van der Waals surface area contributed by atoms with E-state index in [0.29, 0.717) is 48.1 Å². The van der Waals surface area contributed by atoms with E-state index in [0.717, 1.165) is 39.4 Å². The van der Waals surface area contributed by atoms with Gasteiger partial charge in [0.05, 0.1) is 45.1 Å². The SMILES string of the molecule is Cc1noc(C)c1-c1ccc2c(c1)nc([C@@H]1CCC(=O)N1c1ccc(Cl)c(Cl)c1)n2[C@@H]1CCN(S(C)(=O)=O)C1. The average molecular weight is 589 g/mol. The average Bonchev–Trinajstić information content (AvgIpc) is 3.65. The Hall–Kier alpha value is -2.92. The van der Waals surface area contributed by atoms with Gasteiger partial charge in [-0.1, -0.05) is 34.4 Å². The molecule has 6 rings (SSSR count). The van der Waals surface area contributed by atoms with E-state index < -0.39 is 10.0 Å². The van der Waals surface area contributed by atoms with Crippen LogP contribution in [0, 0.1) is 13.8 Å². The lowest BCUT2D eigenvalue weighted by atomic mass is 10.0. The number of imidazole rings is 1. The molecular formula is C27H27Cl2N5O4S. The van der Waals surface area contributed by atoms with Gasteiger partial charge in [0.1, 0.15) is 11.6 Å². The second-order valence-electron chi connectivity index (χ2n) is 10.2. The van der Waals surface area contributed by atoms with Gasteiger partial charge < -0.3 is 14.0 Å². The molecule has 0 spiro atoms. The molecule has 2 aromatic heterocycles. The fraction of sp³-hybridized carbons (Fsp3) is 0.370. The first kappa shape index (κ1) is 26.3. The van der Waals surface area contributed by atoms with Gasteiger partial charge in [-0.25, -0.2) is 17.7 Å². The zero-order valence-electron chi connectivity index (χ0n) is 21.7. The Morgan fingerprint density at radius 2 is 1.85 bits per heavy atom.